The Labute approximate surface area is 180 Å². The lowest BCUT2D eigenvalue weighted by atomic mass is 10.2. The van der Waals surface area contributed by atoms with Gasteiger partial charge in [-0.05, 0) is 25.8 Å². The summed E-state index contributed by atoms with van der Waals surface area (Å²) < 4.78 is 39.4. The van der Waals surface area contributed by atoms with Crippen molar-refractivity contribution in [2.75, 3.05) is 20.2 Å². The van der Waals surface area contributed by atoms with Crippen LogP contribution in [-0.4, -0.2) is 49.6 Å². The summed E-state index contributed by atoms with van der Waals surface area (Å²) in [5.74, 6) is 0.915. The van der Waals surface area contributed by atoms with Crippen molar-refractivity contribution in [3.63, 3.8) is 0 Å². The van der Waals surface area contributed by atoms with Crippen molar-refractivity contribution in [1.82, 2.24) is 19.8 Å². The van der Waals surface area contributed by atoms with Crippen molar-refractivity contribution in [3.8, 4) is 17.2 Å². The SMILES string of the molecule is COc1ccccc1CNS(=O)(=O)c1cc(-c2[nH]ncc2C(=O)N2CCCC2)oc1C. The topological polar surface area (TPSA) is 118 Å². The molecule has 1 aliphatic heterocycles. The van der Waals surface area contributed by atoms with Gasteiger partial charge in [-0.2, -0.15) is 5.10 Å². The van der Waals surface area contributed by atoms with Crippen molar-refractivity contribution >= 4 is 15.9 Å². The molecule has 164 valence electrons. The quantitative estimate of drug-likeness (QED) is 0.579. The predicted octanol–water partition coefficient (Wildman–Crippen LogP) is 2.70. The summed E-state index contributed by atoms with van der Waals surface area (Å²) in [4.78, 5) is 14.6. The fraction of sp³-hybridized carbons (Fsp3) is 0.333. The second-order valence-electron chi connectivity index (χ2n) is 7.33. The Hall–Kier alpha value is -3.11. The Bertz CT molecular complexity index is 1190. The van der Waals surface area contributed by atoms with E-state index in [-0.39, 0.29) is 28.9 Å². The van der Waals surface area contributed by atoms with Gasteiger partial charge in [-0.3, -0.25) is 9.89 Å². The molecule has 1 aromatic carbocycles. The third-order valence-corrected chi connectivity index (χ3v) is 6.83. The molecule has 1 saturated heterocycles. The van der Waals surface area contributed by atoms with E-state index in [0.29, 0.717) is 35.7 Å². The number of likely N-dealkylation sites (tertiary alicyclic amines) is 1. The van der Waals surface area contributed by atoms with Crippen LogP contribution in [0.15, 0.2) is 45.8 Å². The van der Waals surface area contributed by atoms with Crippen molar-refractivity contribution in [3.05, 3.63) is 53.4 Å². The van der Waals surface area contributed by atoms with Crippen LogP contribution in [0.4, 0.5) is 0 Å². The highest BCUT2D eigenvalue weighted by Gasteiger charge is 2.28. The summed E-state index contributed by atoms with van der Waals surface area (Å²) >= 11 is 0. The highest BCUT2D eigenvalue weighted by atomic mass is 32.2. The predicted molar refractivity (Wildman–Crippen MR) is 113 cm³/mol. The second-order valence-corrected chi connectivity index (χ2v) is 9.06. The molecule has 0 unspecified atom stereocenters. The molecular weight excluding hydrogens is 420 g/mol. The molecule has 0 spiro atoms. The summed E-state index contributed by atoms with van der Waals surface area (Å²) in [6, 6.07) is 8.59. The molecular formula is C21H24N4O5S. The molecule has 2 aromatic heterocycles. The molecule has 2 N–H and O–H groups in total. The third kappa shape index (κ3) is 4.21. The number of amides is 1. The van der Waals surface area contributed by atoms with E-state index in [4.69, 9.17) is 9.15 Å². The minimum absolute atomic E-state index is 0.00608. The van der Waals surface area contributed by atoms with Crippen LogP contribution >= 0.6 is 0 Å². The van der Waals surface area contributed by atoms with Gasteiger partial charge in [0.15, 0.2) is 5.76 Å². The molecule has 10 heteroatoms. The lowest BCUT2D eigenvalue weighted by Gasteiger charge is -2.14. The van der Waals surface area contributed by atoms with Crippen LogP contribution in [-0.2, 0) is 16.6 Å². The smallest absolute Gasteiger partial charge is 0.257 e. The van der Waals surface area contributed by atoms with Gasteiger partial charge in [0.25, 0.3) is 5.91 Å². The molecule has 9 nitrogen and oxygen atoms in total. The first-order valence-corrected chi connectivity index (χ1v) is 11.4. The minimum Gasteiger partial charge on any atom is -0.496 e. The number of methoxy groups -OCH3 is 1. The van der Waals surface area contributed by atoms with Gasteiger partial charge in [-0.25, -0.2) is 13.1 Å². The lowest BCUT2D eigenvalue weighted by molar-refractivity contribution is 0.0793. The number of rotatable bonds is 7. The number of ether oxygens (including phenoxy) is 1. The van der Waals surface area contributed by atoms with E-state index in [1.165, 1.54) is 19.4 Å². The number of para-hydroxylation sites is 1. The number of aryl methyl sites for hydroxylation is 1. The van der Waals surface area contributed by atoms with Gasteiger partial charge in [-0.15, -0.1) is 0 Å². The van der Waals surface area contributed by atoms with Gasteiger partial charge < -0.3 is 14.1 Å². The fourth-order valence-electron chi connectivity index (χ4n) is 3.68. The number of carbonyl (C=O) groups is 1. The summed E-state index contributed by atoms with van der Waals surface area (Å²) in [5.41, 5.74) is 1.44. The van der Waals surface area contributed by atoms with Crippen molar-refractivity contribution in [2.45, 2.75) is 31.2 Å². The normalized spacial score (nSPS) is 14.2. The lowest BCUT2D eigenvalue weighted by Crippen LogP contribution is -2.27. The molecule has 1 aliphatic rings. The molecule has 3 aromatic rings. The maximum Gasteiger partial charge on any atom is 0.257 e. The zero-order valence-corrected chi connectivity index (χ0v) is 18.2. The standard InChI is InChI=1S/C21H24N4O5S/c1-14-19(31(27,28)23-12-15-7-3-4-8-17(15)29-2)11-18(30-14)20-16(13-22-24-20)21(26)25-9-5-6-10-25/h3-4,7-8,11,13,23H,5-6,9-10,12H2,1-2H3,(H,22,24). The summed E-state index contributed by atoms with van der Waals surface area (Å²) in [5, 5.41) is 6.74. The highest BCUT2D eigenvalue weighted by molar-refractivity contribution is 7.89. The van der Waals surface area contributed by atoms with Crippen LogP contribution in [0, 0.1) is 6.92 Å². The molecule has 3 heterocycles. The van der Waals surface area contributed by atoms with Gasteiger partial charge in [0, 0.05) is 31.3 Å². The van der Waals surface area contributed by atoms with Crippen LogP contribution in [0.25, 0.3) is 11.5 Å². The summed E-state index contributed by atoms with van der Waals surface area (Å²) in [7, 11) is -2.33. The van der Waals surface area contributed by atoms with E-state index >= 15 is 0 Å². The Morgan fingerprint density at radius 2 is 2.03 bits per heavy atom. The van der Waals surface area contributed by atoms with E-state index in [1.807, 2.05) is 12.1 Å². The fourth-order valence-corrected chi connectivity index (χ4v) is 4.86. The third-order valence-electron chi connectivity index (χ3n) is 5.32. The molecule has 31 heavy (non-hydrogen) atoms. The largest absolute Gasteiger partial charge is 0.496 e. The average molecular weight is 445 g/mol. The number of nitrogens with zero attached hydrogens (tertiary/aromatic N) is 2. The number of hydrogen-bond donors (Lipinski definition) is 2. The molecule has 0 atom stereocenters. The zero-order valence-electron chi connectivity index (χ0n) is 17.3. The second kappa shape index (κ2) is 8.56. The summed E-state index contributed by atoms with van der Waals surface area (Å²) in [6.07, 6.45) is 3.39. The first kappa shape index (κ1) is 21.1. The Balaban J connectivity index is 1.58. The van der Waals surface area contributed by atoms with Crippen molar-refractivity contribution in [2.24, 2.45) is 0 Å². The molecule has 1 amide bonds. The van der Waals surface area contributed by atoms with Crippen molar-refractivity contribution < 1.29 is 22.4 Å². The van der Waals surface area contributed by atoms with Crippen LogP contribution in [0.3, 0.4) is 0 Å². The number of furan rings is 1. The van der Waals surface area contributed by atoms with E-state index in [2.05, 4.69) is 14.9 Å². The van der Waals surface area contributed by atoms with Gasteiger partial charge >= 0.3 is 0 Å². The minimum atomic E-state index is -3.86. The molecule has 1 fully saturated rings. The van der Waals surface area contributed by atoms with Crippen LogP contribution in [0.5, 0.6) is 5.75 Å². The number of sulfonamides is 1. The number of nitrogens with one attached hydrogen (secondary N) is 2. The summed E-state index contributed by atoms with van der Waals surface area (Å²) in [6.45, 7) is 3.04. The number of benzene rings is 1. The number of hydrogen-bond acceptors (Lipinski definition) is 6. The molecule has 4 rings (SSSR count). The first-order chi connectivity index (χ1) is 14.9. The van der Waals surface area contributed by atoms with Gasteiger partial charge in [0.2, 0.25) is 10.0 Å². The van der Waals surface area contributed by atoms with Gasteiger partial charge in [0.05, 0.1) is 18.9 Å². The average Bonchev–Trinajstić information content (AvgIpc) is 3.52. The first-order valence-electron chi connectivity index (χ1n) is 9.95. The number of aromatic nitrogens is 2. The molecule has 0 aliphatic carbocycles. The maximum atomic E-state index is 12.9. The van der Waals surface area contributed by atoms with Gasteiger partial charge in [0.1, 0.15) is 22.1 Å². The van der Waals surface area contributed by atoms with Gasteiger partial charge in [-0.1, -0.05) is 18.2 Å². The highest BCUT2D eigenvalue weighted by Crippen LogP contribution is 2.30. The monoisotopic (exact) mass is 444 g/mol. The Morgan fingerprint density at radius 3 is 2.77 bits per heavy atom. The Morgan fingerprint density at radius 1 is 1.29 bits per heavy atom. The molecule has 0 radical (unpaired) electrons. The van der Waals surface area contributed by atoms with E-state index in [0.717, 1.165) is 12.8 Å². The zero-order chi connectivity index (χ0) is 22.0. The Kier molecular flexibility index (Phi) is 5.84. The van der Waals surface area contributed by atoms with Crippen molar-refractivity contribution in [1.29, 1.82) is 0 Å². The van der Waals surface area contributed by atoms with E-state index in [9.17, 15) is 13.2 Å². The molecule has 0 saturated carbocycles. The van der Waals surface area contributed by atoms with E-state index in [1.54, 1.807) is 24.0 Å². The number of carbonyl (C=O) groups excluding carboxylic acids is 1. The number of aromatic amines is 1. The van der Waals surface area contributed by atoms with Crippen LogP contribution in [0.2, 0.25) is 0 Å². The van der Waals surface area contributed by atoms with Crippen LogP contribution < -0.4 is 9.46 Å². The van der Waals surface area contributed by atoms with E-state index < -0.39 is 10.0 Å². The van der Waals surface area contributed by atoms with Crippen LogP contribution in [0.1, 0.15) is 34.5 Å². The number of H-pyrrole nitrogens is 1. The maximum absolute atomic E-state index is 12.9. The molecule has 0 bridgehead atoms.